The van der Waals surface area contributed by atoms with E-state index >= 15 is 0 Å². The highest BCUT2D eigenvalue weighted by Crippen LogP contribution is 2.37. The zero-order valence-corrected chi connectivity index (χ0v) is 19.7. The minimum Gasteiger partial charge on any atom is -0.504 e. The normalized spacial score (nSPS) is 16.4. The molecule has 2 aliphatic rings. The Morgan fingerprint density at radius 3 is 2.75 bits per heavy atom. The first-order valence-electron chi connectivity index (χ1n) is 9.37. The molecule has 2 heterocycles. The fourth-order valence-corrected chi connectivity index (χ4v) is 4.55. The Hall–Kier alpha value is -2.93. The number of rotatable bonds is 5. The van der Waals surface area contributed by atoms with Crippen molar-refractivity contribution in [3.05, 3.63) is 44.4 Å². The minimum atomic E-state index is -0.570. The first kappa shape index (κ1) is 22.3. The van der Waals surface area contributed by atoms with Gasteiger partial charge in [-0.2, -0.15) is 0 Å². The smallest absolute Gasteiger partial charge is 0.294 e. The predicted octanol–water partition coefficient (Wildman–Crippen LogP) is 3.45. The van der Waals surface area contributed by atoms with Gasteiger partial charge in [0.05, 0.1) is 15.6 Å². The lowest BCUT2D eigenvalue weighted by Crippen LogP contribution is -2.36. The number of nitrogens with one attached hydrogen (secondary N) is 1. The van der Waals surface area contributed by atoms with Crippen LogP contribution in [0, 0.1) is 3.57 Å². The molecule has 3 amide bonds. The summed E-state index contributed by atoms with van der Waals surface area (Å²) in [6.07, 6.45) is 1.52. The second-order valence-electron chi connectivity index (χ2n) is 6.73. The Balaban J connectivity index is 1.46. The summed E-state index contributed by atoms with van der Waals surface area (Å²) in [5, 5.41) is 12.1. The Morgan fingerprint density at radius 1 is 1.25 bits per heavy atom. The molecule has 0 saturated carbocycles. The fraction of sp³-hybridized carbons (Fsp3) is 0.190. The molecule has 32 heavy (non-hydrogen) atoms. The van der Waals surface area contributed by atoms with Crippen molar-refractivity contribution in [1.29, 1.82) is 0 Å². The summed E-state index contributed by atoms with van der Waals surface area (Å²) in [7, 11) is 1.42. The van der Waals surface area contributed by atoms with Gasteiger partial charge in [-0.25, -0.2) is 0 Å². The SMILES string of the molecule is COc1cc(/C=C2/SC(=O)N(CC(=O)Nc3ccc4c(c3)OCCO4)C2=O)cc(I)c1O. The maximum Gasteiger partial charge on any atom is 0.294 e. The summed E-state index contributed by atoms with van der Waals surface area (Å²) in [6, 6.07) is 8.17. The lowest BCUT2D eigenvalue weighted by atomic mass is 10.2. The maximum atomic E-state index is 12.7. The zero-order valence-electron chi connectivity index (χ0n) is 16.7. The van der Waals surface area contributed by atoms with Gasteiger partial charge in [-0.1, -0.05) is 0 Å². The monoisotopic (exact) mass is 568 g/mol. The molecule has 2 aromatic rings. The van der Waals surface area contributed by atoms with E-state index in [0.717, 1.165) is 16.7 Å². The third-order valence-corrected chi connectivity index (χ3v) is 6.30. The highest BCUT2D eigenvalue weighted by Gasteiger charge is 2.36. The molecule has 2 N–H and O–H groups in total. The fourth-order valence-electron chi connectivity index (χ4n) is 3.09. The largest absolute Gasteiger partial charge is 0.504 e. The van der Waals surface area contributed by atoms with E-state index in [1.165, 1.54) is 13.2 Å². The number of hydrogen-bond acceptors (Lipinski definition) is 8. The number of methoxy groups -OCH3 is 1. The summed E-state index contributed by atoms with van der Waals surface area (Å²) >= 11 is 2.68. The summed E-state index contributed by atoms with van der Waals surface area (Å²) in [5.41, 5.74) is 1.04. The number of thioether (sulfide) groups is 1. The minimum absolute atomic E-state index is 0.00540. The number of carbonyl (C=O) groups excluding carboxylic acids is 3. The molecule has 4 rings (SSSR count). The molecule has 0 unspecified atom stereocenters. The van der Waals surface area contributed by atoms with E-state index in [-0.39, 0.29) is 16.4 Å². The van der Waals surface area contributed by atoms with E-state index in [1.807, 2.05) is 22.6 Å². The van der Waals surface area contributed by atoms with Crippen molar-refractivity contribution in [2.24, 2.45) is 0 Å². The van der Waals surface area contributed by atoms with Crippen molar-refractivity contribution < 1.29 is 33.7 Å². The number of hydrogen-bond donors (Lipinski definition) is 2. The highest BCUT2D eigenvalue weighted by molar-refractivity contribution is 14.1. The number of phenols is 1. The standard InChI is InChI=1S/C21H17IN2O7S/c1-29-16-7-11(6-13(22)19(16)26)8-17-20(27)24(21(28)32-17)10-18(25)23-12-2-3-14-15(9-12)31-5-4-30-14/h2-3,6-9,26H,4-5,10H2,1H3,(H,23,25)/b17-8+. The van der Waals surface area contributed by atoms with E-state index in [0.29, 0.717) is 39.5 Å². The third kappa shape index (κ3) is 4.63. The van der Waals surface area contributed by atoms with Crippen LogP contribution in [0.1, 0.15) is 5.56 Å². The van der Waals surface area contributed by atoms with Gasteiger partial charge in [0.2, 0.25) is 5.91 Å². The Kier molecular flexibility index (Phi) is 6.46. The zero-order chi connectivity index (χ0) is 22.8. The van der Waals surface area contributed by atoms with Crippen LogP contribution in [0.25, 0.3) is 6.08 Å². The van der Waals surface area contributed by atoms with Crippen molar-refractivity contribution in [1.82, 2.24) is 4.90 Å². The molecule has 0 radical (unpaired) electrons. The van der Waals surface area contributed by atoms with E-state index < -0.39 is 23.6 Å². The van der Waals surface area contributed by atoms with Crippen molar-refractivity contribution in [3.8, 4) is 23.0 Å². The van der Waals surface area contributed by atoms with Gasteiger partial charge < -0.3 is 24.6 Å². The van der Waals surface area contributed by atoms with Gasteiger partial charge in [-0.15, -0.1) is 0 Å². The number of imide groups is 1. The number of anilines is 1. The van der Waals surface area contributed by atoms with Gasteiger partial charge >= 0.3 is 0 Å². The molecular formula is C21H17IN2O7S. The summed E-state index contributed by atoms with van der Waals surface area (Å²) in [6.45, 7) is 0.452. The molecule has 0 atom stereocenters. The summed E-state index contributed by atoms with van der Waals surface area (Å²) in [4.78, 5) is 38.6. The molecule has 11 heteroatoms. The predicted molar refractivity (Wildman–Crippen MR) is 126 cm³/mol. The number of phenolic OH excluding ortho intramolecular Hbond substituents is 1. The second kappa shape index (κ2) is 9.28. The summed E-state index contributed by atoms with van der Waals surface area (Å²) < 4.78 is 16.6. The van der Waals surface area contributed by atoms with Gasteiger partial charge in [-0.05, 0) is 70.3 Å². The van der Waals surface area contributed by atoms with E-state index in [1.54, 1.807) is 30.3 Å². The molecule has 0 bridgehead atoms. The van der Waals surface area contributed by atoms with Crippen molar-refractivity contribution in [2.45, 2.75) is 0 Å². The van der Waals surface area contributed by atoms with Crippen molar-refractivity contribution in [2.75, 3.05) is 32.2 Å². The van der Waals surface area contributed by atoms with Crippen LogP contribution < -0.4 is 19.5 Å². The first-order valence-corrected chi connectivity index (χ1v) is 11.3. The van der Waals surface area contributed by atoms with Gasteiger partial charge in [-0.3, -0.25) is 19.3 Å². The molecule has 0 spiro atoms. The van der Waals surface area contributed by atoms with Crippen LogP contribution in [0.2, 0.25) is 0 Å². The second-order valence-corrected chi connectivity index (χ2v) is 8.88. The summed E-state index contributed by atoms with van der Waals surface area (Å²) in [5.74, 6) is 0.258. The van der Waals surface area contributed by atoms with Gasteiger partial charge in [0.25, 0.3) is 11.1 Å². The Labute approximate surface area is 200 Å². The van der Waals surface area contributed by atoms with Crippen LogP contribution in [0.4, 0.5) is 10.5 Å². The van der Waals surface area contributed by atoms with Crippen LogP contribution in [0.5, 0.6) is 23.0 Å². The molecule has 1 saturated heterocycles. The number of amides is 3. The quantitative estimate of drug-likeness (QED) is 0.417. The van der Waals surface area contributed by atoms with E-state index in [4.69, 9.17) is 14.2 Å². The lowest BCUT2D eigenvalue weighted by Gasteiger charge is -2.19. The lowest BCUT2D eigenvalue weighted by molar-refractivity contribution is -0.127. The van der Waals surface area contributed by atoms with Gasteiger partial charge in [0.1, 0.15) is 19.8 Å². The van der Waals surface area contributed by atoms with Crippen LogP contribution in [-0.2, 0) is 9.59 Å². The van der Waals surface area contributed by atoms with Gasteiger partial charge in [0, 0.05) is 11.8 Å². The molecule has 1 fully saturated rings. The van der Waals surface area contributed by atoms with Crippen LogP contribution in [0.3, 0.4) is 0 Å². The molecule has 2 aliphatic heterocycles. The Bertz CT molecular complexity index is 1150. The average molecular weight is 568 g/mol. The topological polar surface area (TPSA) is 114 Å². The number of halogens is 1. The number of aromatic hydroxyl groups is 1. The Morgan fingerprint density at radius 2 is 2.00 bits per heavy atom. The highest BCUT2D eigenvalue weighted by atomic mass is 127. The molecule has 2 aromatic carbocycles. The van der Waals surface area contributed by atoms with E-state index in [2.05, 4.69) is 5.32 Å². The number of fused-ring (bicyclic) bond motifs is 1. The molecule has 0 aliphatic carbocycles. The number of benzene rings is 2. The van der Waals surface area contributed by atoms with Gasteiger partial charge in [0.15, 0.2) is 23.0 Å². The number of ether oxygens (including phenoxy) is 3. The number of carbonyl (C=O) groups is 3. The average Bonchev–Trinajstić information content (AvgIpc) is 3.03. The maximum absolute atomic E-state index is 12.7. The molecule has 0 aromatic heterocycles. The van der Waals surface area contributed by atoms with Crippen molar-refractivity contribution in [3.63, 3.8) is 0 Å². The van der Waals surface area contributed by atoms with Crippen LogP contribution >= 0.6 is 34.4 Å². The van der Waals surface area contributed by atoms with Crippen molar-refractivity contribution >= 4 is 63.2 Å². The third-order valence-electron chi connectivity index (χ3n) is 4.57. The van der Waals surface area contributed by atoms with E-state index in [9.17, 15) is 19.5 Å². The van der Waals surface area contributed by atoms with Crippen LogP contribution in [-0.4, -0.2) is 53.9 Å². The molecular weight excluding hydrogens is 551 g/mol. The van der Waals surface area contributed by atoms with Crippen LogP contribution in [0.15, 0.2) is 35.2 Å². The molecule has 166 valence electrons. The first-order chi connectivity index (χ1) is 15.4. The number of nitrogens with zero attached hydrogens (tertiary/aromatic N) is 1. The molecule has 9 nitrogen and oxygen atoms in total.